The van der Waals surface area contributed by atoms with E-state index in [2.05, 4.69) is 30.6 Å². The number of hydrogen-bond acceptors (Lipinski definition) is 4. The summed E-state index contributed by atoms with van der Waals surface area (Å²) in [5.41, 5.74) is 0.830. The zero-order chi connectivity index (χ0) is 16.2. The summed E-state index contributed by atoms with van der Waals surface area (Å²) < 4.78 is 24.7. The first-order valence-corrected chi connectivity index (χ1v) is 7.83. The first-order valence-electron chi connectivity index (χ1n) is 7.83. The molecule has 0 amide bonds. The first kappa shape index (κ1) is 17.0. The highest BCUT2D eigenvalue weighted by molar-refractivity contribution is 5.51. The molecule has 4 nitrogen and oxygen atoms in total. The number of benzene rings is 1. The topological polar surface area (TPSA) is 24.9 Å². The van der Waals surface area contributed by atoms with Crippen LogP contribution in [0.3, 0.4) is 0 Å². The van der Waals surface area contributed by atoms with Gasteiger partial charge in [-0.05, 0) is 32.9 Å². The van der Waals surface area contributed by atoms with Gasteiger partial charge in [0, 0.05) is 44.9 Å². The molecular formula is C17H27FN2O2. The number of nitrogens with zero attached hydrogens (tertiary/aromatic N) is 2. The zero-order valence-corrected chi connectivity index (χ0v) is 14.1. The number of piperazine rings is 1. The van der Waals surface area contributed by atoms with Crippen LogP contribution in [0, 0.1) is 5.82 Å². The molecule has 1 aliphatic rings. The summed E-state index contributed by atoms with van der Waals surface area (Å²) in [5.74, 6) is 0.325. The van der Waals surface area contributed by atoms with Gasteiger partial charge in [-0.2, -0.15) is 0 Å². The lowest BCUT2D eigenvalue weighted by Crippen LogP contribution is -2.53. The highest BCUT2D eigenvalue weighted by Crippen LogP contribution is 2.26. The molecule has 0 spiro atoms. The summed E-state index contributed by atoms with van der Waals surface area (Å²) in [6.07, 6.45) is 0. The molecule has 22 heavy (non-hydrogen) atoms. The molecule has 0 radical (unpaired) electrons. The Morgan fingerprint density at radius 1 is 1.09 bits per heavy atom. The molecule has 0 aliphatic carbocycles. The van der Waals surface area contributed by atoms with Gasteiger partial charge in [-0.25, -0.2) is 4.39 Å². The van der Waals surface area contributed by atoms with E-state index in [4.69, 9.17) is 9.47 Å². The van der Waals surface area contributed by atoms with Gasteiger partial charge < -0.3 is 14.4 Å². The van der Waals surface area contributed by atoms with Crippen LogP contribution in [0.4, 0.5) is 10.1 Å². The highest BCUT2D eigenvalue weighted by atomic mass is 19.1. The fourth-order valence-corrected chi connectivity index (χ4v) is 2.69. The van der Waals surface area contributed by atoms with Crippen LogP contribution in [0.2, 0.25) is 0 Å². The van der Waals surface area contributed by atoms with Crippen molar-refractivity contribution < 1.29 is 13.9 Å². The van der Waals surface area contributed by atoms with Crippen LogP contribution in [-0.4, -0.2) is 56.9 Å². The van der Waals surface area contributed by atoms with E-state index in [1.54, 1.807) is 7.11 Å². The molecule has 1 aromatic carbocycles. The largest absolute Gasteiger partial charge is 0.491 e. The maximum Gasteiger partial charge on any atom is 0.150 e. The van der Waals surface area contributed by atoms with Gasteiger partial charge in [-0.1, -0.05) is 0 Å². The molecule has 0 atom stereocenters. The highest BCUT2D eigenvalue weighted by Gasteiger charge is 2.26. The van der Waals surface area contributed by atoms with Gasteiger partial charge in [0.15, 0.2) is 0 Å². The Kier molecular flexibility index (Phi) is 5.64. The van der Waals surface area contributed by atoms with Crippen molar-refractivity contribution in [2.24, 2.45) is 0 Å². The minimum Gasteiger partial charge on any atom is -0.491 e. The maximum atomic E-state index is 14.3. The van der Waals surface area contributed by atoms with Crippen LogP contribution in [0.5, 0.6) is 5.75 Å². The Morgan fingerprint density at radius 3 is 2.32 bits per heavy atom. The van der Waals surface area contributed by atoms with E-state index in [0.29, 0.717) is 24.7 Å². The molecule has 1 aromatic rings. The third kappa shape index (κ3) is 4.34. The van der Waals surface area contributed by atoms with Gasteiger partial charge in [-0.3, -0.25) is 4.90 Å². The molecule has 5 heteroatoms. The Morgan fingerprint density at radius 2 is 1.77 bits per heavy atom. The number of hydrogen-bond donors (Lipinski definition) is 0. The molecule has 1 heterocycles. The molecule has 1 aliphatic heterocycles. The lowest BCUT2D eigenvalue weighted by atomic mass is 10.0. The van der Waals surface area contributed by atoms with E-state index >= 15 is 0 Å². The lowest BCUT2D eigenvalue weighted by Gasteiger charge is -2.43. The Hall–Kier alpha value is -1.33. The Bertz CT molecular complexity index is 480. The summed E-state index contributed by atoms with van der Waals surface area (Å²) in [6, 6.07) is 5.09. The van der Waals surface area contributed by atoms with E-state index < -0.39 is 0 Å². The van der Waals surface area contributed by atoms with Crippen LogP contribution in [-0.2, 0) is 4.74 Å². The SMILES string of the molecule is COCCOc1ccc(N2CCN(C(C)(C)C)CC2)c(F)c1. The van der Waals surface area contributed by atoms with Crippen molar-refractivity contribution in [2.45, 2.75) is 26.3 Å². The van der Waals surface area contributed by atoms with E-state index in [0.717, 1.165) is 26.2 Å². The van der Waals surface area contributed by atoms with Gasteiger partial charge in [0.25, 0.3) is 0 Å². The average Bonchev–Trinajstić information content (AvgIpc) is 2.47. The third-order valence-corrected chi connectivity index (χ3v) is 4.04. The van der Waals surface area contributed by atoms with Crippen LogP contribution in [0.25, 0.3) is 0 Å². The molecule has 0 bridgehead atoms. The second-order valence-corrected chi connectivity index (χ2v) is 6.60. The van der Waals surface area contributed by atoms with Gasteiger partial charge in [0.1, 0.15) is 18.2 Å². The molecular weight excluding hydrogens is 283 g/mol. The number of rotatable bonds is 5. The summed E-state index contributed by atoms with van der Waals surface area (Å²) >= 11 is 0. The van der Waals surface area contributed by atoms with Crippen molar-refractivity contribution in [1.82, 2.24) is 4.90 Å². The quantitative estimate of drug-likeness (QED) is 0.781. The molecule has 1 saturated heterocycles. The predicted molar refractivity (Wildman–Crippen MR) is 87.3 cm³/mol. The molecule has 0 aromatic heterocycles. The van der Waals surface area contributed by atoms with Gasteiger partial charge in [0.05, 0.1) is 12.3 Å². The molecule has 1 fully saturated rings. The first-order chi connectivity index (χ1) is 10.4. The van der Waals surface area contributed by atoms with Gasteiger partial charge >= 0.3 is 0 Å². The van der Waals surface area contributed by atoms with E-state index in [-0.39, 0.29) is 11.4 Å². The van der Waals surface area contributed by atoms with E-state index in [1.165, 1.54) is 6.07 Å². The number of ether oxygens (including phenoxy) is 2. The van der Waals surface area contributed by atoms with Gasteiger partial charge in [-0.15, -0.1) is 0 Å². The normalized spacial score (nSPS) is 16.9. The van der Waals surface area contributed by atoms with Crippen molar-refractivity contribution in [3.63, 3.8) is 0 Å². The zero-order valence-electron chi connectivity index (χ0n) is 14.1. The fraction of sp³-hybridized carbons (Fsp3) is 0.647. The van der Waals surface area contributed by atoms with E-state index in [1.807, 2.05) is 12.1 Å². The summed E-state index contributed by atoms with van der Waals surface area (Å²) in [4.78, 5) is 4.54. The predicted octanol–water partition coefficient (Wildman–Crippen LogP) is 2.77. The Labute approximate surface area is 132 Å². The van der Waals surface area contributed by atoms with Crippen molar-refractivity contribution >= 4 is 5.69 Å². The number of halogens is 1. The van der Waals surface area contributed by atoms with Crippen molar-refractivity contribution in [1.29, 1.82) is 0 Å². The van der Waals surface area contributed by atoms with Crippen LogP contribution >= 0.6 is 0 Å². The fourth-order valence-electron chi connectivity index (χ4n) is 2.69. The van der Waals surface area contributed by atoms with Crippen LogP contribution in [0.1, 0.15) is 20.8 Å². The van der Waals surface area contributed by atoms with Gasteiger partial charge in [0.2, 0.25) is 0 Å². The second kappa shape index (κ2) is 7.29. The summed E-state index contributed by atoms with van der Waals surface area (Å²) in [6.45, 7) is 11.2. The summed E-state index contributed by atoms with van der Waals surface area (Å²) in [5, 5.41) is 0. The van der Waals surface area contributed by atoms with Crippen molar-refractivity contribution in [3.05, 3.63) is 24.0 Å². The molecule has 0 N–H and O–H groups in total. The monoisotopic (exact) mass is 310 g/mol. The van der Waals surface area contributed by atoms with E-state index in [9.17, 15) is 4.39 Å². The minimum atomic E-state index is -0.223. The average molecular weight is 310 g/mol. The van der Waals surface area contributed by atoms with Crippen molar-refractivity contribution in [2.75, 3.05) is 51.4 Å². The standard InChI is InChI=1S/C17H27FN2O2/c1-17(2,3)20-9-7-19(8-10-20)16-6-5-14(13-15(16)18)22-12-11-21-4/h5-6,13H,7-12H2,1-4H3. The smallest absolute Gasteiger partial charge is 0.150 e. The number of methoxy groups -OCH3 is 1. The molecule has 0 saturated carbocycles. The molecule has 124 valence electrons. The van der Waals surface area contributed by atoms with Crippen LogP contribution in [0.15, 0.2) is 18.2 Å². The Balaban J connectivity index is 1.96. The van der Waals surface area contributed by atoms with Crippen LogP contribution < -0.4 is 9.64 Å². The molecule has 0 unspecified atom stereocenters. The molecule has 2 rings (SSSR count). The maximum absolute atomic E-state index is 14.3. The lowest BCUT2D eigenvalue weighted by molar-refractivity contribution is 0.128. The minimum absolute atomic E-state index is 0.170. The number of anilines is 1. The third-order valence-electron chi connectivity index (χ3n) is 4.04. The second-order valence-electron chi connectivity index (χ2n) is 6.60. The van der Waals surface area contributed by atoms with Crippen molar-refractivity contribution in [3.8, 4) is 5.75 Å². The summed E-state index contributed by atoms with van der Waals surface area (Å²) in [7, 11) is 1.62.